The average molecular weight is 264 g/mol. The molecule has 0 spiro atoms. The number of nitrogens with two attached hydrogens (primary N) is 1. The molecule has 0 saturated heterocycles. The number of para-hydroxylation sites is 2. The van der Waals surface area contributed by atoms with E-state index in [-0.39, 0.29) is 0 Å². The third kappa shape index (κ3) is 2.18. The van der Waals surface area contributed by atoms with Crippen LogP contribution in [0.25, 0.3) is 10.9 Å². The molecule has 2 aromatic carbocycles. The molecule has 3 heteroatoms. The molecule has 0 unspecified atom stereocenters. The molecule has 0 atom stereocenters. The van der Waals surface area contributed by atoms with Gasteiger partial charge in [0.25, 0.3) is 0 Å². The van der Waals surface area contributed by atoms with E-state index in [0.717, 1.165) is 28.6 Å². The van der Waals surface area contributed by atoms with Crippen molar-refractivity contribution >= 4 is 16.6 Å². The Balaban J connectivity index is 2.13. The fourth-order valence-corrected chi connectivity index (χ4v) is 2.25. The van der Waals surface area contributed by atoms with Crippen molar-refractivity contribution in [3.63, 3.8) is 0 Å². The number of nitrogens with zero attached hydrogens (tertiary/aromatic N) is 1. The van der Waals surface area contributed by atoms with Gasteiger partial charge in [0.05, 0.1) is 17.4 Å². The number of nitrogen functional groups attached to an aromatic ring is 1. The zero-order valence-corrected chi connectivity index (χ0v) is 11.3. The molecule has 20 heavy (non-hydrogen) atoms. The summed E-state index contributed by atoms with van der Waals surface area (Å²) < 4.78 is 6.08. The van der Waals surface area contributed by atoms with Gasteiger partial charge in [-0.05, 0) is 30.2 Å². The van der Waals surface area contributed by atoms with Crippen LogP contribution in [0.4, 0.5) is 5.69 Å². The second-order valence-corrected chi connectivity index (χ2v) is 4.62. The highest BCUT2D eigenvalue weighted by Crippen LogP contribution is 2.35. The lowest BCUT2D eigenvalue weighted by Gasteiger charge is -2.13. The molecule has 1 heterocycles. The summed E-state index contributed by atoms with van der Waals surface area (Å²) in [5, 5.41) is 0.929. The van der Waals surface area contributed by atoms with Gasteiger partial charge in [-0.2, -0.15) is 0 Å². The molecule has 2 N–H and O–H groups in total. The van der Waals surface area contributed by atoms with Gasteiger partial charge < -0.3 is 10.5 Å². The highest BCUT2D eigenvalue weighted by Gasteiger charge is 2.10. The topological polar surface area (TPSA) is 48.1 Å². The molecule has 3 rings (SSSR count). The first-order valence-corrected chi connectivity index (χ1v) is 6.68. The number of fused-ring (bicyclic) bond motifs is 1. The number of aryl methyl sites for hydroxylation is 1. The minimum Gasteiger partial charge on any atom is -0.454 e. The Bertz CT molecular complexity index is 753. The Morgan fingerprint density at radius 3 is 2.65 bits per heavy atom. The second-order valence-electron chi connectivity index (χ2n) is 4.62. The summed E-state index contributed by atoms with van der Waals surface area (Å²) in [5.74, 6) is 1.52. The summed E-state index contributed by atoms with van der Waals surface area (Å²) in [6, 6.07) is 15.9. The van der Waals surface area contributed by atoms with Crippen LogP contribution >= 0.6 is 0 Å². The van der Waals surface area contributed by atoms with Crippen LogP contribution in [0.2, 0.25) is 0 Å². The first kappa shape index (κ1) is 12.5. The van der Waals surface area contributed by atoms with Crippen LogP contribution in [0, 0.1) is 0 Å². The summed E-state index contributed by atoms with van der Waals surface area (Å²) in [6.45, 7) is 2.11. The smallest absolute Gasteiger partial charge is 0.161 e. The fraction of sp³-hybridized carbons (Fsp3) is 0.118. The Labute approximate surface area is 118 Å². The molecule has 1 aromatic heterocycles. The lowest BCUT2D eigenvalue weighted by molar-refractivity contribution is 0.484. The molecular formula is C17H16N2O. The standard InChI is InChI=1S/C17H16N2O/c1-2-12-7-3-6-10-16(12)20-17-13-8-4-5-9-15(13)19-11-14(17)18/h3-11H,2,18H2,1H3. The molecule has 0 fully saturated rings. The second kappa shape index (κ2) is 5.21. The maximum absolute atomic E-state index is 6.08. The van der Waals surface area contributed by atoms with E-state index in [1.807, 2.05) is 42.5 Å². The maximum Gasteiger partial charge on any atom is 0.161 e. The first-order valence-electron chi connectivity index (χ1n) is 6.68. The number of aromatic nitrogens is 1. The number of hydrogen-bond acceptors (Lipinski definition) is 3. The van der Waals surface area contributed by atoms with E-state index in [4.69, 9.17) is 10.5 Å². The predicted molar refractivity (Wildman–Crippen MR) is 82.0 cm³/mol. The zero-order chi connectivity index (χ0) is 13.9. The number of rotatable bonds is 3. The van der Waals surface area contributed by atoms with Gasteiger partial charge in [-0.1, -0.05) is 37.3 Å². The van der Waals surface area contributed by atoms with Gasteiger partial charge in [-0.3, -0.25) is 4.98 Å². The van der Waals surface area contributed by atoms with Crippen molar-refractivity contribution in [1.29, 1.82) is 0 Å². The van der Waals surface area contributed by atoms with Gasteiger partial charge in [0.1, 0.15) is 5.75 Å². The highest BCUT2D eigenvalue weighted by atomic mass is 16.5. The fourth-order valence-electron chi connectivity index (χ4n) is 2.25. The number of ether oxygens (including phenoxy) is 1. The molecule has 0 saturated carbocycles. The minimum atomic E-state index is 0.551. The summed E-state index contributed by atoms with van der Waals surface area (Å²) in [6.07, 6.45) is 2.56. The van der Waals surface area contributed by atoms with E-state index in [0.29, 0.717) is 11.4 Å². The van der Waals surface area contributed by atoms with Crippen molar-refractivity contribution in [3.8, 4) is 11.5 Å². The monoisotopic (exact) mass is 264 g/mol. The normalized spacial score (nSPS) is 10.7. The van der Waals surface area contributed by atoms with E-state index in [1.54, 1.807) is 6.20 Å². The lowest BCUT2D eigenvalue weighted by Crippen LogP contribution is -1.97. The molecule has 0 aliphatic carbocycles. The molecule has 0 aliphatic heterocycles. The van der Waals surface area contributed by atoms with Gasteiger partial charge >= 0.3 is 0 Å². The predicted octanol–water partition coefficient (Wildman–Crippen LogP) is 4.17. The van der Waals surface area contributed by atoms with Crippen LogP contribution in [-0.4, -0.2) is 4.98 Å². The maximum atomic E-state index is 6.08. The van der Waals surface area contributed by atoms with Crippen LogP contribution in [-0.2, 0) is 6.42 Å². The van der Waals surface area contributed by atoms with Crippen LogP contribution < -0.4 is 10.5 Å². The van der Waals surface area contributed by atoms with Crippen molar-refractivity contribution < 1.29 is 4.74 Å². The largest absolute Gasteiger partial charge is 0.454 e. The molecule has 100 valence electrons. The highest BCUT2D eigenvalue weighted by molar-refractivity contribution is 5.89. The Kier molecular flexibility index (Phi) is 3.25. The van der Waals surface area contributed by atoms with E-state index in [9.17, 15) is 0 Å². The van der Waals surface area contributed by atoms with E-state index in [2.05, 4.69) is 18.0 Å². The zero-order valence-electron chi connectivity index (χ0n) is 11.3. The van der Waals surface area contributed by atoms with Gasteiger partial charge in [-0.25, -0.2) is 0 Å². The Hall–Kier alpha value is -2.55. The molecule has 3 nitrogen and oxygen atoms in total. The summed E-state index contributed by atoms with van der Waals surface area (Å²) >= 11 is 0. The minimum absolute atomic E-state index is 0.551. The Morgan fingerprint density at radius 1 is 1.05 bits per heavy atom. The molecule has 0 radical (unpaired) electrons. The number of anilines is 1. The van der Waals surface area contributed by atoms with E-state index >= 15 is 0 Å². The quantitative estimate of drug-likeness (QED) is 0.772. The third-order valence-corrected chi connectivity index (χ3v) is 3.32. The molecular weight excluding hydrogens is 248 g/mol. The van der Waals surface area contributed by atoms with Crippen molar-refractivity contribution in [1.82, 2.24) is 4.98 Å². The van der Waals surface area contributed by atoms with Gasteiger partial charge in [0.2, 0.25) is 0 Å². The van der Waals surface area contributed by atoms with Crippen molar-refractivity contribution in [2.45, 2.75) is 13.3 Å². The Morgan fingerprint density at radius 2 is 1.80 bits per heavy atom. The molecule has 0 amide bonds. The van der Waals surface area contributed by atoms with Crippen LogP contribution in [0.3, 0.4) is 0 Å². The van der Waals surface area contributed by atoms with Gasteiger partial charge in [0, 0.05) is 5.39 Å². The van der Waals surface area contributed by atoms with Crippen LogP contribution in [0.5, 0.6) is 11.5 Å². The van der Waals surface area contributed by atoms with Crippen LogP contribution in [0.1, 0.15) is 12.5 Å². The third-order valence-electron chi connectivity index (χ3n) is 3.32. The van der Waals surface area contributed by atoms with Crippen molar-refractivity contribution in [3.05, 3.63) is 60.3 Å². The molecule has 3 aromatic rings. The van der Waals surface area contributed by atoms with Crippen LogP contribution in [0.15, 0.2) is 54.7 Å². The van der Waals surface area contributed by atoms with E-state index in [1.165, 1.54) is 0 Å². The molecule has 0 aliphatic rings. The van der Waals surface area contributed by atoms with Crippen molar-refractivity contribution in [2.24, 2.45) is 0 Å². The van der Waals surface area contributed by atoms with E-state index < -0.39 is 0 Å². The molecule has 0 bridgehead atoms. The summed E-state index contributed by atoms with van der Waals surface area (Å²) in [7, 11) is 0. The SMILES string of the molecule is CCc1ccccc1Oc1c(N)cnc2ccccc12. The summed E-state index contributed by atoms with van der Waals surface area (Å²) in [4.78, 5) is 4.32. The lowest BCUT2D eigenvalue weighted by atomic mass is 10.1. The van der Waals surface area contributed by atoms with Gasteiger partial charge in [0.15, 0.2) is 5.75 Å². The first-order chi connectivity index (χ1) is 9.79. The number of hydrogen-bond donors (Lipinski definition) is 1. The number of benzene rings is 2. The number of pyridine rings is 1. The summed E-state index contributed by atoms with van der Waals surface area (Å²) in [5.41, 5.74) is 8.63. The average Bonchev–Trinajstić information content (AvgIpc) is 2.50. The van der Waals surface area contributed by atoms with Gasteiger partial charge in [-0.15, -0.1) is 0 Å². The van der Waals surface area contributed by atoms with Crippen molar-refractivity contribution in [2.75, 3.05) is 5.73 Å².